The highest BCUT2D eigenvalue weighted by Gasteiger charge is 2.38. The van der Waals surface area contributed by atoms with Crippen molar-refractivity contribution in [2.45, 2.75) is 26.8 Å². The standard InChI is InChI=1S/C13H28N2O2/c1-11(2)7-15(5-6-16-4)9-13(3)10-17-8-12(13)14/h11-12H,5-10,14H2,1-4H3. The third kappa shape index (κ3) is 4.54. The summed E-state index contributed by atoms with van der Waals surface area (Å²) in [5.41, 5.74) is 6.22. The van der Waals surface area contributed by atoms with Crippen molar-refractivity contribution in [3.05, 3.63) is 0 Å². The van der Waals surface area contributed by atoms with E-state index in [9.17, 15) is 0 Å². The summed E-state index contributed by atoms with van der Waals surface area (Å²) in [4.78, 5) is 2.45. The first-order valence-corrected chi connectivity index (χ1v) is 6.52. The van der Waals surface area contributed by atoms with Crippen LogP contribution in [0.1, 0.15) is 20.8 Å². The molecule has 102 valence electrons. The average molecular weight is 244 g/mol. The van der Waals surface area contributed by atoms with Crippen molar-refractivity contribution in [1.29, 1.82) is 0 Å². The Morgan fingerprint density at radius 1 is 1.53 bits per heavy atom. The number of ether oxygens (including phenoxy) is 2. The van der Waals surface area contributed by atoms with Crippen LogP contribution in [0.2, 0.25) is 0 Å². The molecule has 0 aromatic heterocycles. The molecule has 2 atom stereocenters. The normalized spacial score (nSPS) is 29.5. The molecule has 2 N–H and O–H groups in total. The van der Waals surface area contributed by atoms with Crippen molar-refractivity contribution in [2.75, 3.05) is 46.6 Å². The minimum atomic E-state index is 0.0859. The van der Waals surface area contributed by atoms with Crippen LogP contribution < -0.4 is 5.73 Å². The maximum absolute atomic E-state index is 6.14. The van der Waals surface area contributed by atoms with Crippen molar-refractivity contribution in [2.24, 2.45) is 17.1 Å². The van der Waals surface area contributed by atoms with Crippen molar-refractivity contribution in [1.82, 2.24) is 4.90 Å². The SMILES string of the molecule is COCCN(CC(C)C)CC1(C)COCC1N. The average Bonchev–Trinajstić information content (AvgIpc) is 2.55. The van der Waals surface area contributed by atoms with Gasteiger partial charge in [0.15, 0.2) is 0 Å². The van der Waals surface area contributed by atoms with Crippen LogP contribution in [0.3, 0.4) is 0 Å². The molecule has 0 aromatic carbocycles. The van der Waals surface area contributed by atoms with E-state index in [4.69, 9.17) is 15.2 Å². The molecule has 0 aromatic rings. The Kier molecular flexibility index (Phi) is 5.86. The first-order chi connectivity index (χ1) is 7.98. The van der Waals surface area contributed by atoms with Gasteiger partial charge >= 0.3 is 0 Å². The van der Waals surface area contributed by atoms with E-state index in [1.807, 2.05) is 0 Å². The topological polar surface area (TPSA) is 47.7 Å². The highest BCUT2D eigenvalue weighted by Crippen LogP contribution is 2.28. The number of hydrogen-bond acceptors (Lipinski definition) is 4. The molecule has 1 fully saturated rings. The lowest BCUT2D eigenvalue weighted by Gasteiger charge is -2.34. The van der Waals surface area contributed by atoms with E-state index >= 15 is 0 Å². The van der Waals surface area contributed by atoms with Crippen molar-refractivity contribution in [3.8, 4) is 0 Å². The molecule has 0 amide bonds. The zero-order valence-corrected chi connectivity index (χ0v) is 11.7. The number of hydrogen-bond donors (Lipinski definition) is 1. The van der Waals surface area contributed by atoms with Gasteiger partial charge in [0.1, 0.15) is 0 Å². The molecule has 4 heteroatoms. The predicted octanol–water partition coefficient (Wildman–Crippen LogP) is 0.955. The van der Waals surface area contributed by atoms with E-state index in [0.29, 0.717) is 12.5 Å². The summed E-state index contributed by atoms with van der Waals surface area (Å²) in [5.74, 6) is 0.661. The minimum absolute atomic E-state index is 0.0859. The number of methoxy groups -OCH3 is 1. The monoisotopic (exact) mass is 244 g/mol. The summed E-state index contributed by atoms with van der Waals surface area (Å²) in [6.07, 6.45) is 0. The molecule has 0 saturated carbocycles. The highest BCUT2D eigenvalue weighted by atomic mass is 16.5. The summed E-state index contributed by atoms with van der Waals surface area (Å²) >= 11 is 0. The van der Waals surface area contributed by atoms with Crippen LogP contribution >= 0.6 is 0 Å². The zero-order chi connectivity index (χ0) is 12.9. The molecule has 1 rings (SSSR count). The molecule has 2 unspecified atom stereocenters. The van der Waals surface area contributed by atoms with Gasteiger partial charge in [-0.05, 0) is 5.92 Å². The first kappa shape index (κ1) is 14.9. The maximum Gasteiger partial charge on any atom is 0.0624 e. The largest absolute Gasteiger partial charge is 0.383 e. The van der Waals surface area contributed by atoms with Gasteiger partial charge in [-0.15, -0.1) is 0 Å². The van der Waals surface area contributed by atoms with Crippen molar-refractivity contribution >= 4 is 0 Å². The van der Waals surface area contributed by atoms with Gasteiger partial charge < -0.3 is 20.1 Å². The number of rotatable bonds is 7. The molecular formula is C13H28N2O2. The smallest absolute Gasteiger partial charge is 0.0624 e. The Morgan fingerprint density at radius 2 is 2.24 bits per heavy atom. The summed E-state index contributed by atoms with van der Waals surface area (Å²) < 4.78 is 10.7. The van der Waals surface area contributed by atoms with Gasteiger partial charge in [-0.25, -0.2) is 0 Å². The number of nitrogens with two attached hydrogens (primary N) is 1. The summed E-state index contributed by atoms with van der Waals surface area (Å²) in [6.45, 7) is 12.0. The van der Waals surface area contributed by atoms with Crippen LogP contribution in [-0.2, 0) is 9.47 Å². The molecule has 1 aliphatic rings. The maximum atomic E-state index is 6.14. The first-order valence-electron chi connectivity index (χ1n) is 6.52. The molecule has 0 radical (unpaired) electrons. The van der Waals surface area contributed by atoms with Gasteiger partial charge in [-0.3, -0.25) is 0 Å². The Morgan fingerprint density at radius 3 is 2.71 bits per heavy atom. The van der Waals surface area contributed by atoms with Crippen LogP contribution in [0.4, 0.5) is 0 Å². The molecule has 1 heterocycles. The molecule has 0 bridgehead atoms. The van der Waals surface area contributed by atoms with Crippen molar-refractivity contribution < 1.29 is 9.47 Å². The summed E-state index contributed by atoms with van der Waals surface area (Å²) in [6, 6.07) is 0.153. The van der Waals surface area contributed by atoms with E-state index in [1.54, 1.807) is 7.11 Å². The Bertz CT molecular complexity index is 223. The fourth-order valence-electron chi connectivity index (χ4n) is 2.37. The second-order valence-electron chi connectivity index (χ2n) is 5.90. The fraction of sp³-hybridized carbons (Fsp3) is 1.00. The Labute approximate surface area is 105 Å². The van der Waals surface area contributed by atoms with Crippen LogP contribution in [0.5, 0.6) is 0 Å². The van der Waals surface area contributed by atoms with Crippen LogP contribution in [0, 0.1) is 11.3 Å². The van der Waals surface area contributed by atoms with Gasteiger partial charge in [0.25, 0.3) is 0 Å². The number of nitrogens with zero attached hydrogens (tertiary/aromatic N) is 1. The lowest BCUT2D eigenvalue weighted by Crippen LogP contribution is -2.48. The molecular weight excluding hydrogens is 216 g/mol. The minimum Gasteiger partial charge on any atom is -0.383 e. The molecule has 0 aliphatic carbocycles. The van der Waals surface area contributed by atoms with E-state index < -0.39 is 0 Å². The van der Waals surface area contributed by atoms with Crippen LogP contribution in [0.25, 0.3) is 0 Å². The molecule has 0 spiro atoms. The second kappa shape index (κ2) is 6.69. The lowest BCUT2D eigenvalue weighted by molar-refractivity contribution is 0.0871. The highest BCUT2D eigenvalue weighted by molar-refractivity contribution is 4.92. The predicted molar refractivity (Wildman–Crippen MR) is 70.1 cm³/mol. The van der Waals surface area contributed by atoms with Gasteiger partial charge in [0, 0.05) is 38.2 Å². The van der Waals surface area contributed by atoms with Gasteiger partial charge in [-0.2, -0.15) is 0 Å². The van der Waals surface area contributed by atoms with Crippen molar-refractivity contribution in [3.63, 3.8) is 0 Å². The van der Waals surface area contributed by atoms with E-state index in [0.717, 1.165) is 32.8 Å². The molecule has 1 aliphatic heterocycles. The Hall–Kier alpha value is -0.160. The fourth-order valence-corrected chi connectivity index (χ4v) is 2.37. The zero-order valence-electron chi connectivity index (χ0n) is 11.7. The molecule has 4 nitrogen and oxygen atoms in total. The lowest BCUT2D eigenvalue weighted by atomic mass is 9.85. The molecule has 17 heavy (non-hydrogen) atoms. The van der Waals surface area contributed by atoms with Gasteiger partial charge in [-0.1, -0.05) is 20.8 Å². The molecule has 1 saturated heterocycles. The summed E-state index contributed by atoms with van der Waals surface area (Å²) in [5, 5.41) is 0. The Balaban J connectivity index is 2.51. The van der Waals surface area contributed by atoms with E-state index in [-0.39, 0.29) is 11.5 Å². The third-order valence-electron chi connectivity index (χ3n) is 3.44. The van der Waals surface area contributed by atoms with Gasteiger partial charge in [0.05, 0.1) is 19.8 Å². The van der Waals surface area contributed by atoms with E-state index in [1.165, 1.54) is 0 Å². The van der Waals surface area contributed by atoms with Crippen LogP contribution in [0.15, 0.2) is 0 Å². The van der Waals surface area contributed by atoms with E-state index in [2.05, 4.69) is 25.7 Å². The third-order valence-corrected chi connectivity index (χ3v) is 3.44. The van der Waals surface area contributed by atoms with Gasteiger partial charge in [0.2, 0.25) is 0 Å². The second-order valence-corrected chi connectivity index (χ2v) is 5.90. The summed E-state index contributed by atoms with van der Waals surface area (Å²) in [7, 11) is 1.75. The van der Waals surface area contributed by atoms with Crippen LogP contribution in [-0.4, -0.2) is 57.5 Å². The quantitative estimate of drug-likeness (QED) is 0.724.